The van der Waals surface area contributed by atoms with E-state index in [4.69, 9.17) is 4.42 Å². The van der Waals surface area contributed by atoms with E-state index >= 15 is 0 Å². The fourth-order valence-electron chi connectivity index (χ4n) is 3.85. The molecule has 0 aliphatic carbocycles. The average Bonchev–Trinajstić information content (AvgIpc) is 2.92. The van der Waals surface area contributed by atoms with Crippen molar-refractivity contribution in [1.29, 1.82) is 0 Å². The summed E-state index contributed by atoms with van der Waals surface area (Å²) >= 11 is 0. The van der Waals surface area contributed by atoms with Gasteiger partial charge in [-0.05, 0) is 37.0 Å². The minimum atomic E-state index is -0.217. The van der Waals surface area contributed by atoms with Crippen molar-refractivity contribution in [1.82, 2.24) is 14.8 Å². The Bertz CT molecular complexity index is 801. The summed E-state index contributed by atoms with van der Waals surface area (Å²) in [5.74, 6) is 1.07. The second-order valence-corrected chi connectivity index (χ2v) is 7.89. The minimum Gasteiger partial charge on any atom is -0.435 e. The number of oxazole rings is 1. The van der Waals surface area contributed by atoms with Crippen LogP contribution in [-0.2, 0) is 13.0 Å². The Labute approximate surface area is 166 Å². The van der Waals surface area contributed by atoms with Crippen molar-refractivity contribution >= 4 is 5.91 Å². The Morgan fingerprint density at radius 3 is 2.61 bits per heavy atom. The molecule has 1 amide bonds. The van der Waals surface area contributed by atoms with E-state index in [1.807, 2.05) is 30.9 Å². The number of rotatable bonds is 5. The molecule has 1 aliphatic heterocycles. The largest absolute Gasteiger partial charge is 0.435 e. The maximum atomic E-state index is 13.2. The molecular formula is C22H30FN3O2. The molecule has 2 aromatic rings. The van der Waals surface area contributed by atoms with Gasteiger partial charge in [0.15, 0.2) is 5.89 Å². The van der Waals surface area contributed by atoms with E-state index < -0.39 is 0 Å². The highest BCUT2D eigenvalue weighted by Crippen LogP contribution is 2.22. The SMILES string of the molecule is CCc1nc(C)c(C(=O)N2CCCN(Cc3ccc(F)cc3)[C@H](C(C)C)C2)o1. The summed E-state index contributed by atoms with van der Waals surface area (Å²) < 4.78 is 18.9. The van der Waals surface area contributed by atoms with Crippen LogP contribution in [0.5, 0.6) is 0 Å². The highest BCUT2D eigenvalue weighted by atomic mass is 19.1. The van der Waals surface area contributed by atoms with Crippen LogP contribution in [-0.4, -0.2) is 46.4 Å². The van der Waals surface area contributed by atoms with Crippen molar-refractivity contribution in [3.05, 3.63) is 53.0 Å². The van der Waals surface area contributed by atoms with Crippen LogP contribution in [0.1, 0.15) is 54.9 Å². The zero-order chi connectivity index (χ0) is 20.3. The van der Waals surface area contributed by atoms with Crippen LogP contribution in [0.15, 0.2) is 28.7 Å². The van der Waals surface area contributed by atoms with Crippen molar-refractivity contribution in [2.24, 2.45) is 5.92 Å². The lowest BCUT2D eigenvalue weighted by Crippen LogP contribution is -2.45. The number of benzene rings is 1. The molecule has 3 rings (SSSR count). The molecule has 0 radical (unpaired) electrons. The number of carbonyl (C=O) groups is 1. The second-order valence-electron chi connectivity index (χ2n) is 7.89. The molecule has 6 heteroatoms. The number of hydrogen-bond acceptors (Lipinski definition) is 4. The maximum Gasteiger partial charge on any atom is 0.291 e. The molecule has 1 aromatic carbocycles. The van der Waals surface area contributed by atoms with E-state index in [2.05, 4.69) is 23.7 Å². The van der Waals surface area contributed by atoms with Crippen molar-refractivity contribution < 1.29 is 13.6 Å². The maximum absolute atomic E-state index is 13.2. The van der Waals surface area contributed by atoms with Gasteiger partial charge in [0.05, 0.1) is 5.69 Å². The highest BCUT2D eigenvalue weighted by molar-refractivity contribution is 5.92. The van der Waals surface area contributed by atoms with E-state index in [0.29, 0.717) is 42.8 Å². The van der Waals surface area contributed by atoms with Crippen molar-refractivity contribution in [2.75, 3.05) is 19.6 Å². The molecule has 1 aromatic heterocycles. The summed E-state index contributed by atoms with van der Waals surface area (Å²) in [5.41, 5.74) is 1.75. The number of nitrogens with zero attached hydrogens (tertiary/aromatic N) is 3. The lowest BCUT2D eigenvalue weighted by Gasteiger charge is -2.34. The standard InChI is InChI=1S/C22H30FN3O2/c1-5-20-24-16(4)21(28-20)22(27)26-12-6-11-25(19(14-26)15(2)3)13-17-7-9-18(23)10-8-17/h7-10,15,19H,5-6,11-14H2,1-4H3/t19-/m0/s1. The summed E-state index contributed by atoms with van der Waals surface area (Å²) in [4.78, 5) is 21.8. The van der Waals surface area contributed by atoms with Gasteiger partial charge in [-0.2, -0.15) is 0 Å². The first kappa shape index (κ1) is 20.5. The molecule has 0 spiro atoms. The Morgan fingerprint density at radius 1 is 1.29 bits per heavy atom. The third-order valence-corrected chi connectivity index (χ3v) is 5.44. The fourth-order valence-corrected chi connectivity index (χ4v) is 3.85. The van der Waals surface area contributed by atoms with Gasteiger partial charge in [-0.3, -0.25) is 9.69 Å². The van der Waals surface area contributed by atoms with Crippen LogP contribution < -0.4 is 0 Å². The summed E-state index contributed by atoms with van der Waals surface area (Å²) in [6, 6.07) is 6.91. The Balaban J connectivity index is 1.77. The molecule has 152 valence electrons. The summed E-state index contributed by atoms with van der Waals surface area (Å²) in [6.45, 7) is 11.2. The van der Waals surface area contributed by atoms with Crippen LogP contribution >= 0.6 is 0 Å². The molecule has 5 nitrogen and oxygen atoms in total. The molecule has 1 atom stereocenters. The number of amides is 1. The van der Waals surface area contributed by atoms with Gasteiger partial charge in [0.25, 0.3) is 5.91 Å². The Morgan fingerprint density at radius 2 is 2.00 bits per heavy atom. The van der Waals surface area contributed by atoms with E-state index in [-0.39, 0.29) is 17.8 Å². The first-order valence-electron chi connectivity index (χ1n) is 10.1. The predicted molar refractivity (Wildman–Crippen MR) is 107 cm³/mol. The van der Waals surface area contributed by atoms with Crippen LogP contribution in [0.2, 0.25) is 0 Å². The normalized spacial score (nSPS) is 18.5. The number of hydrogen-bond donors (Lipinski definition) is 0. The van der Waals surface area contributed by atoms with Gasteiger partial charge in [-0.25, -0.2) is 9.37 Å². The predicted octanol–water partition coefficient (Wildman–Crippen LogP) is 4.06. The highest BCUT2D eigenvalue weighted by Gasteiger charge is 2.32. The molecule has 0 saturated carbocycles. The third kappa shape index (κ3) is 4.61. The van der Waals surface area contributed by atoms with Gasteiger partial charge in [0.1, 0.15) is 5.82 Å². The third-order valence-electron chi connectivity index (χ3n) is 5.44. The molecule has 1 aliphatic rings. The summed E-state index contributed by atoms with van der Waals surface area (Å²) in [5, 5.41) is 0. The van der Waals surface area contributed by atoms with E-state index in [0.717, 1.165) is 25.1 Å². The Kier molecular flexibility index (Phi) is 6.50. The molecule has 0 N–H and O–H groups in total. The van der Waals surface area contributed by atoms with E-state index in [1.54, 1.807) is 0 Å². The quantitative estimate of drug-likeness (QED) is 0.776. The smallest absolute Gasteiger partial charge is 0.291 e. The van der Waals surface area contributed by atoms with Crippen LogP contribution in [0.3, 0.4) is 0 Å². The number of aryl methyl sites for hydroxylation is 2. The number of halogens is 1. The van der Waals surface area contributed by atoms with Gasteiger partial charge in [0.2, 0.25) is 5.76 Å². The molecule has 0 bridgehead atoms. The number of carbonyl (C=O) groups excluding carboxylic acids is 1. The van der Waals surface area contributed by atoms with Crippen LogP contribution in [0, 0.1) is 18.7 Å². The van der Waals surface area contributed by atoms with Gasteiger partial charge in [-0.15, -0.1) is 0 Å². The molecule has 28 heavy (non-hydrogen) atoms. The first-order valence-corrected chi connectivity index (χ1v) is 10.1. The molecule has 2 heterocycles. The van der Waals surface area contributed by atoms with Crippen molar-refractivity contribution in [2.45, 2.75) is 53.1 Å². The number of aromatic nitrogens is 1. The Hall–Kier alpha value is -2.21. The minimum absolute atomic E-state index is 0.0704. The fraction of sp³-hybridized carbons (Fsp3) is 0.545. The lowest BCUT2D eigenvalue weighted by atomic mass is 10.0. The van der Waals surface area contributed by atoms with Crippen molar-refractivity contribution in [3.8, 4) is 0 Å². The summed E-state index contributed by atoms with van der Waals surface area (Å²) in [6.07, 6.45) is 1.57. The zero-order valence-electron chi connectivity index (χ0n) is 17.2. The topological polar surface area (TPSA) is 49.6 Å². The monoisotopic (exact) mass is 387 g/mol. The van der Waals surface area contributed by atoms with Gasteiger partial charge < -0.3 is 9.32 Å². The second kappa shape index (κ2) is 8.86. The van der Waals surface area contributed by atoms with Crippen molar-refractivity contribution in [3.63, 3.8) is 0 Å². The van der Waals surface area contributed by atoms with Gasteiger partial charge >= 0.3 is 0 Å². The average molecular weight is 387 g/mol. The van der Waals surface area contributed by atoms with Gasteiger partial charge in [0, 0.05) is 38.6 Å². The lowest BCUT2D eigenvalue weighted by molar-refractivity contribution is 0.0669. The summed E-state index contributed by atoms with van der Waals surface area (Å²) in [7, 11) is 0. The molecule has 0 unspecified atom stereocenters. The van der Waals surface area contributed by atoms with E-state index in [1.165, 1.54) is 12.1 Å². The van der Waals surface area contributed by atoms with Crippen LogP contribution in [0.25, 0.3) is 0 Å². The van der Waals surface area contributed by atoms with Gasteiger partial charge in [-0.1, -0.05) is 32.9 Å². The first-order chi connectivity index (χ1) is 13.4. The van der Waals surface area contributed by atoms with Crippen LogP contribution in [0.4, 0.5) is 4.39 Å². The van der Waals surface area contributed by atoms with E-state index in [9.17, 15) is 9.18 Å². The zero-order valence-corrected chi connectivity index (χ0v) is 17.2. The molecule has 1 fully saturated rings. The molecule has 1 saturated heterocycles. The molecular weight excluding hydrogens is 357 g/mol.